The van der Waals surface area contributed by atoms with Gasteiger partial charge >= 0.3 is 0 Å². The van der Waals surface area contributed by atoms with Crippen LogP contribution < -0.4 is 21.3 Å². The molecule has 0 aliphatic carbocycles. The molecule has 0 aliphatic rings. The predicted molar refractivity (Wildman–Crippen MR) is 157 cm³/mol. The number of aliphatic hydroxyl groups is 1. The molecule has 1 atom stereocenters. The van der Waals surface area contributed by atoms with Crippen molar-refractivity contribution in [2.75, 3.05) is 62.1 Å². The molecule has 40 heavy (non-hydrogen) atoms. The number of hydrogen-bond acceptors (Lipinski definition) is 10. The first-order chi connectivity index (χ1) is 19.4. The molecule has 1 amide bonds. The Hall–Kier alpha value is -3.80. The summed E-state index contributed by atoms with van der Waals surface area (Å²) < 4.78 is 11.2. The van der Waals surface area contributed by atoms with Crippen LogP contribution in [0, 0.1) is 12.8 Å². The van der Waals surface area contributed by atoms with E-state index in [0.29, 0.717) is 69.5 Å². The Labute approximate surface area is 236 Å². The van der Waals surface area contributed by atoms with E-state index in [9.17, 15) is 9.90 Å². The van der Waals surface area contributed by atoms with E-state index in [1.165, 1.54) is 5.56 Å². The van der Waals surface area contributed by atoms with E-state index < -0.39 is 0 Å². The number of aromatic nitrogens is 3. The first kappa shape index (κ1) is 30.7. The lowest BCUT2D eigenvalue weighted by atomic mass is 10.1. The highest BCUT2D eigenvalue weighted by atomic mass is 16.5. The van der Waals surface area contributed by atoms with Crippen molar-refractivity contribution in [2.24, 2.45) is 5.92 Å². The number of aliphatic hydroxyl groups excluding tert-OH is 1. The van der Waals surface area contributed by atoms with Gasteiger partial charge in [0.05, 0.1) is 39.1 Å². The van der Waals surface area contributed by atoms with Gasteiger partial charge in [-0.05, 0) is 30.5 Å². The summed E-state index contributed by atoms with van der Waals surface area (Å²) in [7, 11) is 0. The van der Waals surface area contributed by atoms with E-state index in [-0.39, 0.29) is 24.5 Å². The zero-order chi connectivity index (χ0) is 28.6. The number of nitrogens with one attached hydrogen (secondary N) is 4. The highest BCUT2D eigenvalue weighted by Crippen LogP contribution is 2.14. The van der Waals surface area contributed by atoms with Gasteiger partial charge in [-0.3, -0.25) is 4.79 Å². The Morgan fingerprint density at radius 1 is 0.825 bits per heavy atom. The van der Waals surface area contributed by atoms with Gasteiger partial charge < -0.3 is 35.8 Å². The van der Waals surface area contributed by atoms with Crippen LogP contribution in [-0.4, -0.2) is 78.1 Å². The average molecular weight is 552 g/mol. The molecular weight excluding hydrogens is 510 g/mol. The van der Waals surface area contributed by atoms with Crippen LogP contribution in [0.3, 0.4) is 0 Å². The van der Waals surface area contributed by atoms with Crippen LogP contribution in [0.1, 0.15) is 35.3 Å². The Morgan fingerprint density at radius 3 is 2.10 bits per heavy atom. The number of rotatable bonds is 18. The lowest BCUT2D eigenvalue weighted by Gasteiger charge is -2.20. The first-order valence-corrected chi connectivity index (χ1v) is 13.6. The second-order valence-corrected chi connectivity index (χ2v) is 9.60. The smallest absolute Gasteiger partial charge is 0.251 e. The lowest BCUT2D eigenvalue weighted by Crippen LogP contribution is -2.30. The summed E-state index contributed by atoms with van der Waals surface area (Å²) in [4.78, 5) is 25.4. The Morgan fingerprint density at radius 2 is 1.45 bits per heavy atom. The monoisotopic (exact) mass is 551 g/mol. The number of hydrogen-bond donors (Lipinski definition) is 5. The molecule has 0 spiro atoms. The van der Waals surface area contributed by atoms with Gasteiger partial charge in [0.1, 0.15) is 0 Å². The van der Waals surface area contributed by atoms with E-state index in [1.54, 1.807) is 12.1 Å². The molecule has 3 rings (SSSR count). The summed E-state index contributed by atoms with van der Waals surface area (Å²) in [6, 6.07) is 17.1. The number of nitrogens with zero attached hydrogens (tertiary/aromatic N) is 3. The van der Waals surface area contributed by atoms with Crippen molar-refractivity contribution in [1.82, 2.24) is 20.3 Å². The van der Waals surface area contributed by atoms with Gasteiger partial charge in [0.25, 0.3) is 5.91 Å². The highest BCUT2D eigenvalue weighted by Gasteiger charge is 2.15. The third-order valence-corrected chi connectivity index (χ3v) is 5.99. The van der Waals surface area contributed by atoms with Gasteiger partial charge in [0, 0.05) is 25.2 Å². The zero-order valence-corrected chi connectivity index (χ0v) is 23.5. The van der Waals surface area contributed by atoms with Gasteiger partial charge in [0.15, 0.2) is 0 Å². The van der Waals surface area contributed by atoms with Crippen molar-refractivity contribution in [3.05, 3.63) is 71.3 Å². The van der Waals surface area contributed by atoms with Gasteiger partial charge in [-0.25, -0.2) is 0 Å². The topological polar surface area (TPSA) is 143 Å². The fourth-order valence-corrected chi connectivity index (χ4v) is 3.56. The molecule has 1 aromatic heterocycles. The van der Waals surface area contributed by atoms with Crippen molar-refractivity contribution in [1.29, 1.82) is 0 Å². The van der Waals surface area contributed by atoms with E-state index in [0.717, 1.165) is 5.56 Å². The molecule has 0 saturated carbocycles. The summed E-state index contributed by atoms with van der Waals surface area (Å²) in [6.07, 6.45) is 0. The van der Waals surface area contributed by atoms with Crippen LogP contribution in [0.5, 0.6) is 0 Å². The Bertz CT molecular complexity index is 1150. The molecule has 216 valence electrons. The minimum absolute atomic E-state index is 0.0342. The molecule has 0 radical (unpaired) electrons. The first-order valence-electron chi connectivity index (χ1n) is 13.6. The van der Waals surface area contributed by atoms with E-state index in [2.05, 4.69) is 67.4 Å². The third kappa shape index (κ3) is 11.1. The normalized spacial score (nSPS) is 11.7. The number of aryl methyl sites for hydroxylation is 1. The molecule has 0 aliphatic heterocycles. The molecule has 0 unspecified atom stereocenters. The summed E-state index contributed by atoms with van der Waals surface area (Å²) in [5, 5.41) is 22.2. The van der Waals surface area contributed by atoms with E-state index in [4.69, 9.17) is 9.47 Å². The molecule has 11 heteroatoms. The average Bonchev–Trinajstić information content (AvgIpc) is 2.96. The maximum atomic E-state index is 12.0. The van der Waals surface area contributed by atoms with Crippen molar-refractivity contribution >= 4 is 23.8 Å². The van der Waals surface area contributed by atoms with Crippen LogP contribution >= 0.6 is 0 Å². The summed E-state index contributed by atoms with van der Waals surface area (Å²) in [5.74, 6) is 1.28. The van der Waals surface area contributed by atoms with Gasteiger partial charge in [-0.15, -0.1) is 0 Å². The fraction of sp³-hybridized carbons (Fsp3) is 0.448. The molecule has 2 aromatic carbocycles. The second kappa shape index (κ2) is 17.0. The molecule has 3 aromatic rings. The fourth-order valence-electron chi connectivity index (χ4n) is 3.56. The molecule has 1 heterocycles. The minimum Gasteiger partial charge on any atom is -0.394 e. The van der Waals surface area contributed by atoms with Crippen molar-refractivity contribution in [3.8, 4) is 0 Å². The molecule has 5 N–H and O–H groups in total. The number of ether oxygens (including phenoxy) is 2. The Kier molecular flexibility index (Phi) is 13.1. The molecular formula is C29H41N7O4. The Balaban J connectivity index is 1.39. The van der Waals surface area contributed by atoms with Gasteiger partial charge in [-0.1, -0.05) is 61.9 Å². The SMILES string of the molecule is Cc1ccc(CNc2nc(NCCOCCOCCNC(=O)c3ccccc3)nc(N[C@H](CO)C(C)C)n2)cc1. The largest absolute Gasteiger partial charge is 0.394 e. The van der Waals surface area contributed by atoms with Crippen LogP contribution in [0.2, 0.25) is 0 Å². The van der Waals surface area contributed by atoms with Crippen LogP contribution in [-0.2, 0) is 16.0 Å². The second-order valence-electron chi connectivity index (χ2n) is 9.60. The lowest BCUT2D eigenvalue weighted by molar-refractivity contribution is 0.0519. The number of amides is 1. The van der Waals surface area contributed by atoms with E-state index in [1.807, 2.05) is 32.0 Å². The van der Waals surface area contributed by atoms with Crippen LogP contribution in [0.4, 0.5) is 17.8 Å². The van der Waals surface area contributed by atoms with Gasteiger partial charge in [0.2, 0.25) is 17.8 Å². The number of anilines is 3. The highest BCUT2D eigenvalue weighted by molar-refractivity contribution is 5.94. The number of benzene rings is 2. The van der Waals surface area contributed by atoms with E-state index >= 15 is 0 Å². The number of carbonyl (C=O) groups excluding carboxylic acids is 1. The minimum atomic E-state index is -0.185. The summed E-state index contributed by atoms with van der Waals surface area (Å²) in [6.45, 7) is 9.23. The van der Waals surface area contributed by atoms with Crippen LogP contribution in [0.25, 0.3) is 0 Å². The quantitative estimate of drug-likeness (QED) is 0.150. The number of carbonyl (C=O) groups is 1. The van der Waals surface area contributed by atoms with Crippen molar-refractivity contribution in [3.63, 3.8) is 0 Å². The van der Waals surface area contributed by atoms with Gasteiger partial charge in [-0.2, -0.15) is 15.0 Å². The summed E-state index contributed by atoms with van der Waals surface area (Å²) >= 11 is 0. The predicted octanol–water partition coefficient (Wildman–Crippen LogP) is 3.10. The molecule has 11 nitrogen and oxygen atoms in total. The molecule has 0 saturated heterocycles. The zero-order valence-electron chi connectivity index (χ0n) is 23.5. The standard InChI is InChI=1S/C29H41N7O4/c1-21(2)25(20-37)33-29-35-27(34-28(36-29)32-19-23-11-9-22(3)10-12-23)31-14-16-40-18-17-39-15-13-30-26(38)24-7-5-4-6-8-24/h4-12,21,25,37H,13-20H2,1-3H3,(H,30,38)(H3,31,32,33,34,35,36)/t25-/m1/s1. The third-order valence-electron chi connectivity index (χ3n) is 5.99. The maximum Gasteiger partial charge on any atom is 0.251 e. The molecule has 0 bridgehead atoms. The van der Waals surface area contributed by atoms with Crippen molar-refractivity contribution in [2.45, 2.75) is 33.4 Å². The summed E-state index contributed by atoms with van der Waals surface area (Å²) in [5.41, 5.74) is 2.94. The maximum absolute atomic E-state index is 12.0. The van der Waals surface area contributed by atoms with Crippen molar-refractivity contribution < 1.29 is 19.4 Å². The molecule has 0 fully saturated rings. The van der Waals surface area contributed by atoms with Crippen LogP contribution in [0.15, 0.2) is 54.6 Å².